The zero-order valence-corrected chi connectivity index (χ0v) is 10.0. The van der Waals surface area contributed by atoms with Crippen LogP contribution in [0.5, 0.6) is 0 Å². The fourth-order valence-corrected chi connectivity index (χ4v) is 1.91. The van der Waals surface area contributed by atoms with Gasteiger partial charge in [-0.2, -0.15) is 0 Å². The number of carbonyl (C=O) groups excluding carboxylic acids is 1. The van der Waals surface area contributed by atoms with Crippen LogP contribution in [0.2, 0.25) is 0 Å². The highest BCUT2D eigenvalue weighted by Gasteiger charge is 2.33. The number of nitrogens with one attached hydrogen (secondary N) is 1. The Morgan fingerprint density at radius 3 is 2.53 bits per heavy atom. The molecule has 1 fully saturated rings. The lowest BCUT2D eigenvalue weighted by Crippen LogP contribution is -2.38. The van der Waals surface area contributed by atoms with Crippen LogP contribution in [0.4, 0.5) is 8.78 Å². The number of halogens is 2. The maximum Gasteiger partial charge on any atom is 0.305 e. The molecule has 0 radical (unpaired) electrons. The number of carbonyl (C=O) groups is 2. The highest BCUT2D eigenvalue weighted by atomic mass is 19.2. The molecule has 1 unspecified atom stereocenters. The molecule has 6 heteroatoms. The van der Waals surface area contributed by atoms with E-state index in [9.17, 15) is 18.4 Å². The fraction of sp³-hybridized carbons (Fsp3) is 0.385. The Kier molecular flexibility index (Phi) is 3.78. The molecule has 2 rings (SSSR count). The summed E-state index contributed by atoms with van der Waals surface area (Å²) in [5.41, 5.74) is -0.0186. The second-order valence-corrected chi connectivity index (χ2v) is 4.64. The predicted octanol–water partition coefficient (Wildman–Crippen LogP) is 1.95. The minimum atomic E-state index is -1.10. The first-order chi connectivity index (χ1) is 8.97. The molecule has 1 amide bonds. The molecule has 0 spiro atoms. The molecule has 4 nitrogen and oxygen atoms in total. The van der Waals surface area contributed by atoms with Gasteiger partial charge in [-0.3, -0.25) is 9.59 Å². The fourth-order valence-electron chi connectivity index (χ4n) is 1.91. The number of hydrogen-bond acceptors (Lipinski definition) is 2. The van der Waals surface area contributed by atoms with Crippen molar-refractivity contribution in [3.8, 4) is 0 Å². The summed E-state index contributed by atoms with van der Waals surface area (Å²) in [5.74, 6) is -3.56. The Morgan fingerprint density at radius 1 is 1.32 bits per heavy atom. The number of aliphatic carboxylic acids is 1. The van der Waals surface area contributed by atoms with E-state index in [0.29, 0.717) is 0 Å². The van der Waals surface area contributed by atoms with Gasteiger partial charge in [-0.25, -0.2) is 8.78 Å². The smallest absolute Gasteiger partial charge is 0.305 e. The number of carboxylic acids is 1. The Balaban J connectivity index is 2.05. The third-order valence-corrected chi connectivity index (χ3v) is 3.08. The summed E-state index contributed by atoms with van der Waals surface area (Å²) in [6, 6.07) is 2.37. The minimum absolute atomic E-state index is 0.0186. The Morgan fingerprint density at radius 2 is 2.00 bits per heavy atom. The number of hydrogen-bond donors (Lipinski definition) is 2. The second-order valence-electron chi connectivity index (χ2n) is 4.64. The molecule has 1 aliphatic rings. The lowest BCUT2D eigenvalue weighted by molar-refractivity contribution is -0.137. The van der Waals surface area contributed by atoms with Crippen LogP contribution < -0.4 is 5.32 Å². The van der Waals surface area contributed by atoms with Gasteiger partial charge in [-0.1, -0.05) is 0 Å². The summed E-state index contributed by atoms with van der Waals surface area (Å²) in [6.45, 7) is 0. The highest BCUT2D eigenvalue weighted by Crippen LogP contribution is 2.34. The molecule has 0 heterocycles. The SMILES string of the molecule is O=C(O)CC(NC(=O)c1ccc(F)c(F)c1)C1CC1. The van der Waals surface area contributed by atoms with Crippen molar-refractivity contribution < 1.29 is 23.5 Å². The molecule has 0 aliphatic heterocycles. The monoisotopic (exact) mass is 269 g/mol. The topological polar surface area (TPSA) is 66.4 Å². The van der Waals surface area contributed by atoms with Crippen molar-refractivity contribution in [2.45, 2.75) is 25.3 Å². The summed E-state index contributed by atoms with van der Waals surface area (Å²) in [5, 5.41) is 11.3. The van der Waals surface area contributed by atoms with Gasteiger partial charge in [0.05, 0.1) is 6.42 Å². The quantitative estimate of drug-likeness (QED) is 0.858. The van der Waals surface area contributed by atoms with Crippen molar-refractivity contribution in [1.82, 2.24) is 5.32 Å². The average molecular weight is 269 g/mol. The zero-order valence-electron chi connectivity index (χ0n) is 10.0. The molecule has 1 aliphatic carbocycles. The summed E-state index contributed by atoms with van der Waals surface area (Å²) >= 11 is 0. The van der Waals surface area contributed by atoms with E-state index in [1.807, 2.05) is 0 Å². The number of rotatable bonds is 5. The molecule has 0 saturated heterocycles. The van der Waals surface area contributed by atoms with Gasteiger partial charge in [0, 0.05) is 11.6 Å². The summed E-state index contributed by atoms with van der Waals surface area (Å²) in [6.07, 6.45) is 1.58. The summed E-state index contributed by atoms with van der Waals surface area (Å²) in [7, 11) is 0. The summed E-state index contributed by atoms with van der Waals surface area (Å²) in [4.78, 5) is 22.5. The van der Waals surface area contributed by atoms with Gasteiger partial charge >= 0.3 is 5.97 Å². The minimum Gasteiger partial charge on any atom is -0.481 e. The molecule has 1 atom stereocenters. The van der Waals surface area contributed by atoms with Crippen LogP contribution in [0.3, 0.4) is 0 Å². The van der Waals surface area contributed by atoms with Crippen molar-refractivity contribution in [3.05, 3.63) is 35.4 Å². The van der Waals surface area contributed by atoms with E-state index >= 15 is 0 Å². The largest absolute Gasteiger partial charge is 0.481 e. The number of carboxylic acid groups (broad SMARTS) is 1. The first kappa shape index (κ1) is 13.5. The molecule has 1 saturated carbocycles. The van der Waals surface area contributed by atoms with Crippen LogP contribution in [0.15, 0.2) is 18.2 Å². The molecule has 1 aromatic rings. The van der Waals surface area contributed by atoms with Crippen molar-refractivity contribution in [1.29, 1.82) is 0 Å². The molecule has 2 N–H and O–H groups in total. The zero-order chi connectivity index (χ0) is 14.0. The molecule has 0 bridgehead atoms. The Labute approximate surface area is 108 Å². The first-order valence-corrected chi connectivity index (χ1v) is 5.95. The highest BCUT2D eigenvalue weighted by molar-refractivity contribution is 5.94. The molecular formula is C13H13F2NO3. The molecule has 1 aromatic carbocycles. The van der Waals surface area contributed by atoms with Crippen LogP contribution in [0, 0.1) is 17.6 Å². The van der Waals surface area contributed by atoms with Crippen LogP contribution in [0.25, 0.3) is 0 Å². The number of amides is 1. The predicted molar refractivity (Wildman–Crippen MR) is 62.6 cm³/mol. The van der Waals surface area contributed by atoms with E-state index in [4.69, 9.17) is 5.11 Å². The van der Waals surface area contributed by atoms with Crippen molar-refractivity contribution >= 4 is 11.9 Å². The maximum absolute atomic E-state index is 13.0. The van der Waals surface area contributed by atoms with Crippen LogP contribution in [0.1, 0.15) is 29.6 Å². The third kappa shape index (κ3) is 3.49. The van der Waals surface area contributed by atoms with Gasteiger partial charge in [0.1, 0.15) is 0 Å². The van der Waals surface area contributed by atoms with E-state index in [-0.39, 0.29) is 17.9 Å². The van der Waals surface area contributed by atoms with Gasteiger partial charge in [0.25, 0.3) is 5.91 Å². The lowest BCUT2D eigenvalue weighted by atomic mass is 10.1. The van der Waals surface area contributed by atoms with E-state index in [2.05, 4.69) is 5.32 Å². The van der Waals surface area contributed by atoms with Crippen LogP contribution in [-0.2, 0) is 4.79 Å². The van der Waals surface area contributed by atoms with Gasteiger partial charge in [0.2, 0.25) is 0 Å². The van der Waals surface area contributed by atoms with Gasteiger partial charge in [-0.05, 0) is 37.0 Å². The molecule has 0 aromatic heterocycles. The second kappa shape index (κ2) is 5.34. The third-order valence-electron chi connectivity index (χ3n) is 3.08. The van der Waals surface area contributed by atoms with E-state index < -0.39 is 29.6 Å². The Bertz CT molecular complexity index is 515. The van der Waals surface area contributed by atoms with Gasteiger partial charge in [-0.15, -0.1) is 0 Å². The summed E-state index contributed by atoms with van der Waals surface area (Å²) < 4.78 is 25.8. The van der Waals surface area contributed by atoms with Crippen LogP contribution in [-0.4, -0.2) is 23.0 Å². The molecular weight excluding hydrogens is 256 g/mol. The first-order valence-electron chi connectivity index (χ1n) is 5.95. The van der Waals surface area contributed by atoms with Crippen molar-refractivity contribution in [2.75, 3.05) is 0 Å². The van der Waals surface area contributed by atoms with Gasteiger partial charge < -0.3 is 10.4 Å². The molecule has 19 heavy (non-hydrogen) atoms. The standard InChI is InChI=1S/C13H13F2NO3/c14-9-4-3-8(5-10(9)15)13(19)16-11(6-12(17)18)7-1-2-7/h3-5,7,11H,1-2,6H2,(H,16,19)(H,17,18). The van der Waals surface area contributed by atoms with Crippen molar-refractivity contribution in [2.24, 2.45) is 5.92 Å². The van der Waals surface area contributed by atoms with E-state index in [1.54, 1.807) is 0 Å². The maximum atomic E-state index is 13.0. The lowest BCUT2D eigenvalue weighted by Gasteiger charge is -2.16. The average Bonchev–Trinajstić information content (AvgIpc) is 3.15. The van der Waals surface area contributed by atoms with E-state index in [1.165, 1.54) is 6.07 Å². The molecule has 102 valence electrons. The Hall–Kier alpha value is -1.98. The van der Waals surface area contributed by atoms with E-state index in [0.717, 1.165) is 25.0 Å². The number of benzene rings is 1. The van der Waals surface area contributed by atoms with Gasteiger partial charge in [0.15, 0.2) is 11.6 Å². The van der Waals surface area contributed by atoms with Crippen LogP contribution >= 0.6 is 0 Å². The van der Waals surface area contributed by atoms with Crippen molar-refractivity contribution in [3.63, 3.8) is 0 Å². The normalized spacial score (nSPS) is 15.9.